The Morgan fingerprint density at radius 3 is 2.32 bits per heavy atom. The summed E-state index contributed by atoms with van der Waals surface area (Å²) in [6.45, 7) is 1.53. The molecule has 3 rings (SSSR count). The highest BCUT2D eigenvalue weighted by molar-refractivity contribution is 5.88. The lowest BCUT2D eigenvalue weighted by Gasteiger charge is -2.39. The SMILES string of the molecule is CC(=O)Nc1ccc(N2C3CCC2CC(N)C3)cc1. The van der Waals surface area contributed by atoms with Crippen LogP contribution < -0.4 is 16.0 Å². The van der Waals surface area contributed by atoms with E-state index < -0.39 is 0 Å². The molecule has 4 heteroatoms. The average Bonchev–Trinajstić information content (AvgIpc) is 2.63. The fraction of sp³-hybridized carbons (Fsp3) is 0.533. The fourth-order valence-electron chi connectivity index (χ4n) is 3.56. The Hall–Kier alpha value is -1.55. The number of nitrogens with two attached hydrogens (primary N) is 1. The Balaban J connectivity index is 1.78. The third-order valence-corrected chi connectivity index (χ3v) is 4.26. The first-order valence-electron chi connectivity index (χ1n) is 7.05. The first-order valence-corrected chi connectivity index (χ1v) is 7.05. The maximum Gasteiger partial charge on any atom is 0.221 e. The Morgan fingerprint density at radius 1 is 1.21 bits per heavy atom. The van der Waals surface area contributed by atoms with Crippen molar-refractivity contribution < 1.29 is 4.79 Å². The Labute approximate surface area is 114 Å². The molecule has 1 aromatic carbocycles. The molecule has 2 aliphatic heterocycles. The molecule has 0 aromatic heterocycles. The van der Waals surface area contributed by atoms with Crippen LogP contribution in [0, 0.1) is 0 Å². The van der Waals surface area contributed by atoms with Crippen LogP contribution in [0.1, 0.15) is 32.6 Å². The summed E-state index contributed by atoms with van der Waals surface area (Å²) in [5, 5.41) is 2.80. The van der Waals surface area contributed by atoms with Crippen molar-refractivity contribution in [2.45, 2.75) is 50.7 Å². The molecule has 1 amide bonds. The highest BCUT2D eigenvalue weighted by atomic mass is 16.1. The van der Waals surface area contributed by atoms with Crippen molar-refractivity contribution >= 4 is 17.3 Å². The number of anilines is 2. The van der Waals surface area contributed by atoms with Crippen molar-refractivity contribution in [2.24, 2.45) is 5.73 Å². The van der Waals surface area contributed by atoms with Crippen molar-refractivity contribution in [1.82, 2.24) is 0 Å². The van der Waals surface area contributed by atoms with Gasteiger partial charge in [0.1, 0.15) is 0 Å². The second kappa shape index (κ2) is 4.85. The standard InChI is InChI=1S/C15H21N3O/c1-10(19)17-12-2-4-13(5-3-12)18-14-6-7-15(18)9-11(16)8-14/h2-5,11,14-15H,6-9,16H2,1H3,(H,17,19). The lowest BCUT2D eigenvalue weighted by molar-refractivity contribution is -0.114. The molecule has 4 nitrogen and oxygen atoms in total. The number of nitrogens with zero attached hydrogens (tertiary/aromatic N) is 1. The number of piperidine rings is 1. The lowest BCUT2D eigenvalue weighted by Crippen LogP contribution is -2.47. The molecule has 2 fully saturated rings. The fourth-order valence-corrected chi connectivity index (χ4v) is 3.56. The monoisotopic (exact) mass is 259 g/mol. The number of fused-ring (bicyclic) bond motifs is 2. The normalized spacial score (nSPS) is 29.4. The summed E-state index contributed by atoms with van der Waals surface area (Å²) in [6.07, 6.45) is 4.71. The molecule has 2 unspecified atom stereocenters. The van der Waals surface area contributed by atoms with Crippen molar-refractivity contribution in [3.8, 4) is 0 Å². The van der Waals surface area contributed by atoms with Crippen LogP contribution in [0.15, 0.2) is 24.3 Å². The number of carbonyl (C=O) groups excluding carboxylic acids is 1. The van der Waals surface area contributed by atoms with E-state index in [1.165, 1.54) is 25.5 Å². The van der Waals surface area contributed by atoms with Gasteiger partial charge in [-0.3, -0.25) is 4.79 Å². The number of nitrogens with one attached hydrogen (secondary N) is 1. The molecule has 19 heavy (non-hydrogen) atoms. The second-order valence-electron chi connectivity index (χ2n) is 5.75. The molecular formula is C15H21N3O. The van der Waals surface area contributed by atoms with E-state index in [1.807, 2.05) is 12.1 Å². The molecule has 0 saturated carbocycles. The van der Waals surface area contributed by atoms with E-state index in [4.69, 9.17) is 5.73 Å². The van der Waals surface area contributed by atoms with Gasteiger partial charge in [0.2, 0.25) is 5.91 Å². The van der Waals surface area contributed by atoms with Crippen LogP contribution in [0.25, 0.3) is 0 Å². The predicted molar refractivity (Wildman–Crippen MR) is 77.2 cm³/mol. The van der Waals surface area contributed by atoms with Gasteiger partial charge in [0.15, 0.2) is 0 Å². The number of amides is 1. The maximum atomic E-state index is 11.0. The summed E-state index contributed by atoms with van der Waals surface area (Å²) >= 11 is 0. The average molecular weight is 259 g/mol. The van der Waals surface area contributed by atoms with E-state index in [1.54, 1.807) is 0 Å². The van der Waals surface area contributed by atoms with Gasteiger partial charge in [0, 0.05) is 36.4 Å². The molecule has 102 valence electrons. The van der Waals surface area contributed by atoms with E-state index in [9.17, 15) is 4.79 Å². The van der Waals surface area contributed by atoms with E-state index in [-0.39, 0.29) is 5.91 Å². The van der Waals surface area contributed by atoms with Gasteiger partial charge in [-0.1, -0.05) is 0 Å². The second-order valence-corrected chi connectivity index (χ2v) is 5.75. The molecule has 0 radical (unpaired) electrons. The van der Waals surface area contributed by atoms with Gasteiger partial charge >= 0.3 is 0 Å². The highest BCUT2D eigenvalue weighted by Gasteiger charge is 2.39. The van der Waals surface area contributed by atoms with Crippen LogP contribution in [0.2, 0.25) is 0 Å². The largest absolute Gasteiger partial charge is 0.365 e. The summed E-state index contributed by atoms with van der Waals surface area (Å²) in [5.41, 5.74) is 8.22. The van der Waals surface area contributed by atoms with Gasteiger partial charge in [-0.2, -0.15) is 0 Å². The zero-order valence-electron chi connectivity index (χ0n) is 11.3. The summed E-state index contributed by atoms with van der Waals surface area (Å²) in [4.78, 5) is 13.5. The molecular weight excluding hydrogens is 238 g/mol. The van der Waals surface area contributed by atoms with Gasteiger partial charge in [0.25, 0.3) is 0 Å². The van der Waals surface area contributed by atoms with Gasteiger partial charge in [-0.15, -0.1) is 0 Å². The van der Waals surface area contributed by atoms with Crippen LogP contribution in [-0.2, 0) is 4.79 Å². The third-order valence-electron chi connectivity index (χ3n) is 4.26. The lowest BCUT2D eigenvalue weighted by atomic mass is 9.97. The van der Waals surface area contributed by atoms with Gasteiger partial charge < -0.3 is 16.0 Å². The van der Waals surface area contributed by atoms with Crippen molar-refractivity contribution in [3.63, 3.8) is 0 Å². The molecule has 0 spiro atoms. The van der Waals surface area contributed by atoms with E-state index >= 15 is 0 Å². The molecule has 2 bridgehead atoms. The number of hydrogen-bond acceptors (Lipinski definition) is 3. The Bertz CT molecular complexity index is 457. The first kappa shape index (κ1) is 12.5. The smallest absolute Gasteiger partial charge is 0.221 e. The summed E-state index contributed by atoms with van der Waals surface area (Å²) in [6, 6.07) is 9.73. The third kappa shape index (κ3) is 2.45. The molecule has 2 aliphatic rings. The van der Waals surface area contributed by atoms with Crippen LogP contribution >= 0.6 is 0 Å². The predicted octanol–water partition coefficient (Wildman–Crippen LogP) is 2.10. The van der Waals surface area contributed by atoms with E-state index in [0.29, 0.717) is 18.1 Å². The maximum absolute atomic E-state index is 11.0. The van der Waals surface area contributed by atoms with Gasteiger partial charge in [-0.25, -0.2) is 0 Å². The van der Waals surface area contributed by atoms with Gasteiger partial charge in [0.05, 0.1) is 0 Å². The van der Waals surface area contributed by atoms with Crippen LogP contribution in [-0.4, -0.2) is 24.0 Å². The highest BCUT2D eigenvalue weighted by Crippen LogP contribution is 2.38. The molecule has 3 N–H and O–H groups in total. The first-order chi connectivity index (χ1) is 9.13. The molecule has 2 saturated heterocycles. The minimum atomic E-state index is -0.0308. The van der Waals surface area contributed by atoms with E-state index in [2.05, 4.69) is 22.3 Å². The molecule has 1 aromatic rings. The van der Waals surface area contributed by atoms with Crippen LogP contribution in [0.4, 0.5) is 11.4 Å². The summed E-state index contributed by atoms with van der Waals surface area (Å²) in [7, 11) is 0. The zero-order chi connectivity index (χ0) is 13.4. The van der Waals surface area contributed by atoms with Crippen molar-refractivity contribution in [1.29, 1.82) is 0 Å². The number of benzene rings is 1. The van der Waals surface area contributed by atoms with Crippen molar-refractivity contribution in [3.05, 3.63) is 24.3 Å². The minimum Gasteiger partial charge on any atom is -0.365 e. The van der Waals surface area contributed by atoms with E-state index in [0.717, 1.165) is 18.5 Å². The van der Waals surface area contributed by atoms with Crippen LogP contribution in [0.3, 0.4) is 0 Å². The summed E-state index contributed by atoms with van der Waals surface area (Å²) < 4.78 is 0. The topological polar surface area (TPSA) is 58.4 Å². The van der Waals surface area contributed by atoms with Crippen molar-refractivity contribution in [2.75, 3.05) is 10.2 Å². The quantitative estimate of drug-likeness (QED) is 0.855. The molecule has 2 heterocycles. The van der Waals surface area contributed by atoms with Gasteiger partial charge in [-0.05, 0) is 49.9 Å². The molecule has 0 aliphatic carbocycles. The Kier molecular flexibility index (Phi) is 3.19. The molecule has 2 atom stereocenters. The van der Waals surface area contributed by atoms with Crippen LogP contribution in [0.5, 0.6) is 0 Å². The number of carbonyl (C=O) groups is 1. The number of rotatable bonds is 2. The Morgan fingerprint density at radius 2 is 1.79 bits per heavy atom. The number of hydrogen-bond donors (Lipinski definition) is 2. The minimum absolute atomic E-state index is 0.0308. The zero-order valence-corrected chi connectivity index (χ0v) is 11.3. The summed E-state index contributed by atoms with van der Waals surface area (Å²) in [5.74, 6) is -0.0308.